The molecule has 2 heterocycles. The van der Waals surface area contributed by atoms with Crippen LogP contribution in [-0.4, -0.2) is 49.0 Å². The van der Waals surface area contributed by atoms with Crippen molar-refractivity contribution >= 4 is 17.6 Å². The standard InChI is InChI=1S/C24H25FN4O5/c1-12-19-20(13-6-8-16(32-3)15(25)10-13)21(24(31)27-22(19)29(2)28-12)26-23(30)14-7-9-17(33-4)18(11-14)34-5/h6-11,20-21H,1-5H3,(H,26,30)(H,27,31). The van der Waals surface area contributed by atoms with Crippen molar-refractivity contribution in [3.8, 4) is 17.2 Å². The summed E-state index contributed by atoms with van der Waals surface area (Å²) in [5.74, 6) is -0.755. The lowest BCUT2D eigenvalue weighted by atomic mass is 9.81. The first kappa shape index (κ1) is 23.1. The number of anilines is 1. The van der Waals surface area contributed by atoms with E-state index in [0.29, 0.717) is 34.1 Å². The van der Waals surface area contributed by atoms with E-state index in [4.69, 9.17) is 14.2 Å². The van der Waals surface area contributed by atoms with E-state index in [2.05, 4.69) is 15.7 Å². The highest BCUT2D eigenvalue weighted by atomic mass is 19.1. The summed E-state index contributed by atoms with van der Waals surface area (Å²) in [6, 6.07) is 8.16. The number of carbonyl (C=O) groups is 2. The average Bonchev–Trinajstić information content (AvgIpc) is 3.11. The van der Waals surface area contributed by atoms with Gasteiger partial charge in [0.2, 0.25) is 5.91 Å². The minimum absolute atomic E-state index is 0.0815. The monoisotopic (exact) mass is 468 g/mol. The maximum atomic E-state index is 14.6. The Morgan fingerprint density at radius 3 is 2.38 bits per heavy atom. The van der Waals surface area contributed by atoms with E-state index >= 15 is 0 Å². The molecule has 1 aliphatic rings. The lowest BCUT2D eigenvalue weighted by Gasteiger charge is -2.32. The van der Waals surface area contributed by atoms with Gasteiger partial charge in [0.15, 0.2) is 23.1 Å². The summed E-state index contributed by atoms with van der Waals surface area (Å²) in [5.41, 5.74) is 2.13. The molecular weight excluding hydrogens is 443 g/mol. The van der Waals surface area contributed by atoms with Crippen molar-refractivity contribution in [1.29, 1.82) is 0 Å². The van der Waals surface area contributed by atoms with Gasteiger partial charge in [0.05, 0.1) is 27.0 Å². The Morgan fingerprint density at radius 1 is 1.06 bits per heavy atom. The van der Waals surface area contributed by atoms with E-state index in [1.54, 1.807) is 36.9 Å². The van der Waals surface area contributed by atoms with Crippen LogP contribution in [0.3, 0.4) is 0 Å². The summed E-state index contributed by atoms with van der Waals surface area (Å²) in [5, 5.41) is 10.0. The van der Waals surface area contributed by atoms with E-state index in [1.165, 1.54) is 39.5 Å². The number of amides is 2. The molecule has 0 aliphatic carbocycles. The predicted octanol–water partition coefficient (Wildman–Crippen LogP) is 2.78. The van der Waals surface area contributed by atoms with Gasteiger partial charge in [-0.1, -0.05) is 6.07 Å². The minimum Gasteiger partial charge on any atom is -0.494 e. The van der Waals surface area contributed by atoms with Gasteiger partial charge in [-0.15, -0.1) is 0 Å². The smallest absolute Gasteiger partial charge is 0.252 e. The highest BCUT2D eigenvalue weighted by Crippen LogP contribution is 2.40. The summed E-state index contributed by atoms with van der Waals surface area (Å²) >= 11 is 0. The maximum Gasteiger partial charge on any atom is 0.252 e. The van der Waals surface area contributed by atoms with E-state index in [0.717, 1.165) is 0 Å². The van der Waals surface area contributed by atoms with Crippen LogP contribution < -0.4 is 24.8 Å². The number of methoxy groups -OCH3 is 3. The molecule has 2 atom stereocenters. The molecule has 0 spiro atoms. The van der Waals surface area contributed by atoms with Crippen molar-refractivity contribution < 1.29 is 28.2 Å². The normalized spacial score (nSPS) is 16.9. The topological polar surface area (TPSA) is 104 Å². The van der Waals surface area contributed by atoms with E-state index in [1.807, 2.05) is 0 Å². The van der Waals surface area contributed by atoms with Gasteiger partial charge < -0.3 is 24.8 Å². The second-order valence-corrected chi connectivity index (χ2v) is 7.85. The first-order chi connectivity index (χ1) is 16.3. The van der Waals surface area contributed by atoms with Crippen LogP contribution in [0.5, 0.6) is 17.2 Å². The largest absolute Gasteiger partial charge is 0.494 e. The Kier molecular flexibility index (Phi) is 6.14. The molecule has 178 valence electrons. The van der Waals surface area contributed by atoms with Crippen molar-refractivity contribution in [2.45, 2.75) is 18.9 Å². The third-order valence-electron chi connectivity index (χ3n) is 5.90. The molecule has 9 nitrogen and oxygen atoms in total. The van der Waals surface area contributed by atoms with Crippen LogP contribution in [0.15, 0.2) is 36.4 Å². The van der Waals surface area contributed by atoms with Crippen LogP contribution in [0.25, 0.3) is 0 Å². The van der Waals surface area contributed by atoms with Gasteiger partial charge in [0, 0.05) is 24.1 Å². The molecule has 1 aromatic heterocycles. The van der Waals surface area contributed by atoms with Crippen LogP contribution in [0.1, 0.15) is 33.1 Å². The van der Waals surface area contributed by atoms with Gasteiger partial charge in [-0.3, -0.25) is 14.3 Å². The molecule has 10 heteroatoms. The number of nitrogens with zero attached hydrogens (tertiary/aromatic N) is 2. The lowest BCUT2D eigenvalue weighted by molar-refractivity contribution is -0.118. The van der Waals surface area contributed by atoms with E-state index in [9.17, 15) is 14.0 Å². The number of ether oxygens (including phenoxy) is 3. The highest BCUT2D eigenvalue weighted by molar-refractivity contribution is 6.04. The summed E-state index contributed by atoms with van der Waals surface area (Å²) in [4.78, 5) is 26.3. The number of carbonyl (C=O) groups excluding carboxylic acids is 2. The fraction of sp³-hybridized carbons (Fsp3) is 0.292. The van der Waals surface area contributed by atoms with E-state index in [-0.39, 0.29) is 11.3 Å². The number of rotatable bonds is 6. The second-order valence-electron chi connectivity index (χ2n) is 7.85. The van der Waals surface area contributed by atoms with Crippen molar-refractivity contribution in [1.82, 2.24) is 15.1 Å². The number of aryl methyl sites for hydroxylation is 2. The van der Waals surface area contributed by atoms with Crippen LogP contribution in [0.2, 0.25) is 0 Å². The van der Waals surface area contributed by atoms with Crippen LogP contribution in [-0.2, 0) is 11.8 Å². The minimum atomic E-state index is -1.02. The number of fused-ring (bicyclic) bond motifs is 1. The zero-order valence-electron chi connectivity index (χ0n) is 19.4. The van der Waals surface area contributed by atoms with Gasteiger partial charge in [0.1, 0.15) is 11.9 Å². The Hall–Kier alpha value is -4.08. The molecule has 0 radical (unpaired) electrons. The first-order valence-corrected chi connectivity index (χ1v) is 10.5. The lowest BCUT2D eigenvalue weighted by Crippen LogP contribution is -2.50. The maximum absolute atomic E-state index is 14.6. The second kappa shape index (κ2) is 9.05. The highest BCUT2D eigenvalue weighted by Gasteiger charge is 2.41. The van der Waals surface area contributed by atoms with Gasteiger partial charge in [-0.25, -0.2) is 4.39 Å². The molecule has 0 fully saturated rings. The number of hydrogen-bond donors (Lipinski definition) is 2. The summed E-state index contributed by atoms with van der Waals surface area (Å²) in [6.45, 7) is 1.80. The van der Waals surface area contributed by atoms with Crippen LogP contribution in [0.4, 0.5) is 10.2 Å². The third-order valence-corrected chi connectivity index (χ3v) is 5.90. The molecule has 3 aromatic rings. The summed E-state index contributed by atoms with van der Waals surface area (Å²) in [6.07, 6.45) is 0. The van der Waals surface area contributed by atoms with Gasteiger partial charge in [-0.05, 0) is 42.8 Å². The Labute approximate surface area is 195 Å². The van der Waals surface area contributed by atoms with Crippen molar-refractivity contribution in [2.24, 2.45) is 7.05 Å². The average molecular weight is 468 g/mol. The fourth-order valence-corrected chi connectivity index (χ4v) is 4.29. The first-order valence-electron chi connectivity index (χ1n) is 10.5. The molecular formula is C24H25FN4O5. The number of aromatic nitrogens is 2. The SMILES string of the molecule is COc1ccc(C2c3c(C)nn(C)c3NC(=O)C2NC(=O)c2ccc(OC)c(OC)c2)cc1F. The number of hydrogen-bond acceptors (Lipinski definition) is 6. The summed E-state index contributed by atoms with van der Waals surface area (Å²) in [7, 11) is 6.05. The van der Waals surface area contributed by atoms with Crippen molar-refractivity contribution in [2.75, 3.05) is 26.6 Å². The number of nitrogens with one attached hydrogen (secondary N) is 2. The molecule has 2 N–H and O–H groups in total. The zero-order valence-corrected chi connectivity index (χ0v) is 19.4. The predicted molar refractivity (Wildman–Crippen MR) is 122 cm³/mol. The van der Waals surface area contributed by atoms with Gasteiger partial charge in [-0.2, -0.15) is 5.10 Å². The molecule has 0 bridgehead atoms. The Balaban J connectivity index is 1.77. The summed E-state index contributed by atoms with van der Waals surface area (Å²) < 4.78 is 31.7. The van der Waals surface area contributed by atoms with E-state index < -0.39 is 29.6 Å². The van der Waals surface area contributed by atoms with Gasteiger partial charge >= 0.3 is 0 Å². The molecule has 0 saturated heterocycles. The quantitative estimate of drug-likeness (QED) is 0.577. The molecule has 2 aromatic carbocycles. The molecule has 1 aliphatic heterocycles. The molecule has 0 saturated carbocycles. The van der Waals surface area contributed by atoms with Crippen LogP contribution in [0, 0.1) is 12.7 Å². The van der Waals surface area contributed by atoms with Crippen molar-refractivity contribution in [3.63, 3.8) is 0 Å². The van der Waals surface area contributed by atoms with Gasteiger partial charge in [0.25, 0.3) is 5.91 Å². The third kappa shape index (κ3) is 3.91. The van der Waals surface area contributed by atoms with Crippen LogP contribution >= 0.6 is 0 Å². The Morgan fingerprint density at radius 2 is 1.74 bits per heavy atom. The molecule has 34 heavy (non-hydrogen) atoms. The molecule has 4 rings (SSSR count). The number of benzene rings is 2. The number of halogens is 1. The Bertz CT molecular complexity index is 1270. The molecule has 2 unspecified atom stereocenters. The zero-order chi connectivity index (χ0) is 24.6. The molecule has 2 amide bonds. The van der Waals surface area contributed by atoms with Crippen molar-refractivity contribution in [3.05, 3.63) is 64.6 Å². The fourth-order valence-electron chi connectivity index (χ4n) is 4.29.